The van der Waals surface area contributed by atoms with Crippen LogP contribution in [0.15, 0.2) is 18.2 Å². The zero-order valence-electron chi connectivity index (χ0n) is 8.79. The topological polar surface area (TPSA) is 57.1 Å². The van der Waals surface area contributed by atoms with Crippen molar-refractivity contribution in [1.29, 1.82) is 0 Å². The molecule has 1 atom stereocenters. The van der Waals surface area contributed by atoms with Gasteiger partial charge in [-0.1, -0.05) is 12.1 Å². The Morgan fingerprint density at radius 1 is 1.43 bits per heavy atom. The summed E-state index contributed by atoms with van der Waals surface area (Å²) in [6.45, 7) is 4.85. The molecule has 0 saturated heterocycles. The average molecular weight is 196 g/mol. The van der Waals surface area contributed by atoms with Gasteiger partial charge in [-0.15, -0.1) is 0 Å². The van der Waals surface area contributed by atoms with Gasteiger partial charge in [0.2, 0.25) is 0 Å². The highest BCUT2D eigenvalue weighted by Crippen LogP contribution is 2.20. The number of aryl methyl sites for hydroxylation is 1. The number of hydrogen-bond acceptors (Lipinski definition) is 2. The fraction of sp³-hybridized carbons (Fsp3) is 0.455. The van der Waals surface area contributed by atoms with Gasteiger partial charge in [0.25, 0.3) is 0 Å². The Kier molecular flexibility index (Phi) is 3.92. The third kappa shape index (κ3) is 2.72. The minimum absolute atomic E-state index is 0.313. The molecule has 0 aliphatic heterocycles. The van der Waals surface area contributed by atoms with Crippen LogP contribution in [-0.4, -0.2) is 24.4 Å². The molecule has 1 rings (SSSR count). The Morgan fingerprint density at radius 2 is 2.14 bits per heavy atom. The van der Waals surface area contributed by atoms with Gasteiger partial charge in [0, 0.05) is 0 Å². The normalized spacial score (nSPS) is 12.6. The molecule has 1 aromatic rings. The molecule has 0 heterocycles. The Balaban J connectivity index is 2.63. The molecule has 0 unspecified atom stereocenters. The molecule has 0 aliphatic carbocycles. The molecule has 0 aromatic heterocycles. The van der Waals surface area contributed by atoms with Crippen LogP contribution >= 0.6 is 0 Å². The van der Waals surface area contributed by atoms with Crippen LogP contribution in [0.3, 0.4) is 0 Å². The summed E-state index contributed by atoms with van der Waals surface area (Å²) in [4.78, 5) is 0. The number of benzene rings is 1. The van der Waals surface area contributed by atoms with Crippen LogP contribution in [0.25, 0.3) is 0 Å². The molecule has 3 heteroatoms. The largest absolute Gasteiger partial charge is 0.490 e. The van der Waals surface area contributed by atoms with Crippen LogP contribution in [-0.2, 0) is 0 Å². The minimum atomic E-state index is -0.477. The molecule has 0 bridgehead atoms. The molecule has 3 nitrogen and oxygen atoms in total. The van der Waals surface area contributed by atoms with Crippen molar-refractivity contribution in [2.24, 2.45) is 0 Å². The molecule has 0 spiro atoms. The van der Waals surface area contributed by atoms with Crippen molar-refractivity contribution in [3.05, 3.63) is 29.3 Å². The number of aliphatic hydroxyl groups is 1. The summed E-state index contributed by atoms with van der Waals surface area (Å²) in [5, 5.41) is 9.29. The SMILES string of the molecule is Cc1cccc(OC[C@@H](O)C[NH3+])c1C. The summed E-state index contributed by atoms with van der Waals surface area (Å²) < 4.78 is 5.48. The average Bonchev–Trinajstić information content (AvgIpc) is 2.20. The number of rotatable bonds is 4. The zero-order valence-corrected chi connectivity index (χ0v) is 8.79. The van der Waals surface area contributed by atoms with Crippen molar-refractivity contribution in [2.75, 3.05) is 13.2 Å². The predicted octanol–water partition coefficient (Wildman–Crippen LogP) is 0.285. The second-order valence-corrected chi connectivity index (χ2v) is 3.45. The summed E-state index contributed by atoms with van der Waals surface area (Å²) >= 11 is 0. The lowest BCUT2D eigenvalue weighted by atomic mass is 10.1. The lowest BCUT2D eigenvalue weighted by molar-refractivity contribution is -0.384. The van der Waals surface area contributed by atoms with Gasteiger partial charge in [-0.3, -0.25) is 0 Å². The zero-order chi connectivity index (χ0) is 10.6. The summed E-state index contributed by atoms with van der Waals surface area (Å²) in [6, 6.07) is 5.91. The molecule has 14 heavy (non-hydrogen) atoms. The van der Waals surface area contributed by atoms with E-state index in [9.17, 15) is 5.11 Å². The Labute approximate surface area is 84.5 Å². The first kappa shape index (κ1) is 11.0. The van der Waals surface area contributed by atoms with E-state index in [4.69, 9.17) is 4.74 Å². The summed E-state index contributed by atoms with van der Waals surface area (Å²) in [5.41, 5.74) is 5.94. The van der Waals surface area contributed by atoms with Crippen molar-refractivity contribution >= 4 is 0 Å². The van der Waals surface area contributed by atoms with Gasteiger partial charge in [-0.2, -0.15) is 0 Å². The van der Waals surface area contributed by atoms with E-state index in [1.54, 1.807) is 0 Å². The molecular weight excluding hydrogens is 178 g/mol. The van der Waals surface area contributed by atoms with Crippen LogP contribution in [0.5, 0.6) is 5.75 Å². The lowest BCUT2D eigenvalue weighted by Gasteiger charge is -2.12. The van der Waals surface area contributed by atoms with Crippen LogP contribution in [0.2, 0.25) is 0 Å². The molecule has 0 amide bonds. The standard InChI is InChI=1S/C11H17NO2/c1-8-4-3-5-11(9(8)2)14-7-10(13)6-12/h3-5,10,13H,6-7,12H2,1-2H3/p+1/t10-/m0/s1. The third-order valence-corrected chi connectivity index (χ3v) is 2.32. The fourth-order valence-electron chi connectivity index (χ4n) is 1.15. The first-order valence-electron chi connectivity index (χ1n) is 4.81. The van der Waals surface area contributed by atoms with E-state index in [-0.39, 0.29) is 0 Å². The van der Waals surface area contributed by atoms with E-state index in [1.807, 2.05) is 32.0 Å². The third-order valence-electron chi connectivity index (χ3n) is 2.32. The quantitative estimate of drug-likeness (QED) is 0.727. The van der Waals surface area contributed by atoms with E-state index in [2.05, 4.69) is 5.73 Å². The van der Waals surface area contributed by atoms with Crippen LogP contribution in [0.1, 0.15) is 11.1 Å². The van der Waals surface area contributed by atoms with Crippen molar-refractivity contribution in [3.8, 4) is 5.75 Å². The van der Waals surface area contributed by atoms with Crippen molar-refractivity contribution < 1.29 is 15.6 Å². The highest BCUT2D eigenvalue weighted by atomic mass is 16.5. The first-order valence-corrected chi connectivity index (χ1v) is 4.81. The second-order valence-electron chi connectivity index (χ2n) is 3.45. The van der Waals surface area contributed by atoms with E-state index in [0.717, 1.165) is 11.3 Å². The van der Waals surface area contributed by atoms with Crippen LogP contribution in [0, 0.1) is 13.8 Å². The summed E-state index contributed by atoms with van der Waals surface area (Å²) in [6.07, 6.45) is -0.477. The van der Waals surface area contributed by atoms with Gasteiger partial charge in [0.15, 0.2) is 0 Å². The minimum Gasteiger partial charge on any atom is -0.490 e. The lowest BCUT2D eigenvalue weighted by Crippen LogP contribution is -2.56. The maximum Gasteiger partial charge on any atom is 0.136 e. The molecular formula is C11H18NO2+. The van der Waals surface area contributed by atoms with Gasteiger partial charge in [0.05, 0.1) is 0 Å². The van der Waals surface area contributed by atoms with Gasteiger partial charge >= 0.3 is 0 Å². The highest BCUT2D eigenvalue weighted by Gasteiger charge is 2.06. The molecule has 4 N–H and O–H groups in total. The number of quaternary nitrogens is 1. The maximum atomic E-state index is 9.29. The summed E-state index contributed by atoms with van der Waals surface area (Å²) in [5.74, 6) is 0.845. The predicted molar refractivity (Wildman–Crippen MR) is 55.2 cm³/mol. The van der Waals surface area contributed by atoms with Crippen molar-refractivity contribution in [1.82, 2.24) is 0 Å². The fourth-order valence-corrected chi connectivity index (χ4v) is 1.15. The van der Waals surface area contributed by atoms with Crippen molar-refractivity contribution in [2.45, 2.75) is 20.0 Å². The van der Waals surface area contributed by atoms with Gasteiger partial charge in [-0.05, 0) is 31.0 Å². The van der Waals surface area contributed by atoms with Crippen LogP contribution < -0.4 is 10.5 Å². The molecule has 78 valence electrons. The first-order chi connectivity index (χ1) is 6.65. The summed E-state index contributed by atoms with van der Waals surface area (Å²) in [7, 11) is 0. The monoisotopic (exact) mass is 196 g/mol. The van der Waals surface area contributed by atoms with Crippen molar-refractivity contribution in [3.63, 3.8) is 0 Å². The Morgan fingerprint density at radius 3 is 2.79 bits per heavy atom. The molecule has 0 aliphatic rings. The van der Waals surface area contributed by atoms with E-state index < -0.39 is 6.10 Å². The van der Waals surface area contributed by atoms with E-state index in [1.165, 1.54) is 5.56 Å². The Bertz CT molecular complexity index is 299. The number of ether oxygens (including phenoxy) is 1. The molecule has 0 radical (unpaired) electrons. The highest BCUT2D eigenvalue weighted by molar-refractivity contribution is 5.38. The van der Waals surface area contributed by atoms with E-state index in [0.29, 0.717) is 13.2 Å². The molecule has 0 fully saturated rings. The van der Waals surface area contributed by atoms with E-state index >= 15 is 0 Å². The van der Waals surface area contributed by atoms with Gasteiger partial charge < -0.3 is 15.6 Å². The van der Waals surface area contributed by atoms with Crippen LogP contribution in [0.4, 0.5) is 0 Å². The molecule has 1 aromatic carbocycles. The smallest absolute Gasteiger partial charge is 0.136 e. The van der Waals surface area contributed by atoms with Gasteiger partial charge in [0.1, 0.15) is 25.0 Å². The molecule has 0 saturated carbocycles. The number of hydrogen-bond donors (Lipinski definition) is 2. The maximum absolute atomic E-state index is 9.29. The Hall–Kier alpha value is -1.06. The van der Waals surface area contributed by atoms with Gasteiger partial charge in [-0.25, -0.2) is 0 Å². The number of aliphatic hydroxyl groups excluding tert-OH is 1. The second kappa shape index (κ2) is 4.98.